The van der Waals surface area contributed by atoms with Crippen molar-refractivity contribution in [3.05, 3.63) is 53.6 Å². The minimum absolute atomic E-state index is 0.0480. The first-order valence-corrected chi connectivity index (χ1v) is 5.90. The highest BCUT2D eigenvalue weighted by molar-refractivity contribution is 5.57. The van der Waals surface area contributed by atoms with Crippen LogP contribution in [0.4, 0.5) is 32.0 Å². The second kappa shape index (κ2) is 5.43. The van der Waals surface area contributed by atoms with Gasteiger partial charge in [0, 0.05) is 11.8 Å². The van der Waals surface area contributed by atoms with E-state index in [4.69, 9.17) is 10.5 Å². The number of rotatable bonds is 2. The molecular weight excluding hydrogens is 312 g/mol. The maximum Gasteiger partial charge on any atom is 0.420 e. The van der Waals surface area contributed by atoms with Crippen molar-refractivity contribution in [2.24, 2.45) is 0 Å². The van der Waals surface area contributed by atoms with E-state index < -0.39 is 34.9 Å². The lowest BCUT2D eigenvalue weighted by Gasteiger charge is -2.18. The van der Waals surface area contributed by atoms with Crippen LogP contribution in [0, 0.1) is 0 Å². The van der Waals surface area contributed by atoms with Gasteiger partial charge in [-0.2, -0.15) is 26.3 Å². The normalized spacial score (nSPS) is 12.3. The van der Waals surface area contributed by atoms with Gasteiger partial charge in [-0.3, -0.25) is 0 Å². The Hall–Kier alpha value is -2.38. The first-order valence-electron chi connectivity index (χ1n) is 5.90. The summed E-state index contributed by atoms with van der Waals surface area (Å²) in [6.45, 7) is 0. The number of hydrogen-bond acceptors (Lipinski definition) is 2. The Labute approximate surface area is 121 Å². The van der Waals surface area contributed by atoms with Gasteiger partial charge in [0.2, 0.25) is 0 Å². The summed E-state index contributed by atoms with van der Waals surface area (Å²) in [7, 11) is 0. The summed E-state index contributed by atoms with van der Waals surface area (Å²) >= 11 is 0. The minimum atomic E-state index is -5.02. The molecule has 2 nitrogen and oxygen atoms in total. The Morgan fingerprint density at radius 2 is 1.32 bits per heavy atom. The SMILES string of the molecule is Nc1cc(Oc2ccccc2)c(C(F)(F)F)cc1C(F)(F)F. The minimum Gasteiger partial charge on any atom is -0.457 e. The molecule has 0 fully saturated rings. The van der Waals surface area contributed by atoms with E-state index in [0.29, 0.717) is 6.07 Å². The highest BCUT2D eigenvalue weighted by Crippen LogP contribution is 2.44. The fourth-order valence-electron chi connectivity index (χ4n) is 1.76. The molecule has 0 unspecified atom stereocenters. The maximum atomic E-state index is 13.0. The number of ether oxygens (including phenoxy) is 1. The topological polar surface area (TPSA) is 35.2 Å². The first-order chi connectivity index (χ1) is 10.1. The Balaban J connectivity index is 2.56. The molecule has 0 saturated carbocycles. The molecule has 0 aliphatic rings. The Morgan fingerprint density at radius 1 is 0.773 bits per heavy atom. The number of para-hydroxylation sites is 1. The van der Waals surface area contributed by atoms with Crippen LogP contribution in [-0.2, 0) is 12.4 Å². The fourth-order valence-corrected chi connectivity index (χ4v) is 1.76. The zero-order valence-electron chi connectivity index (χ0n) is 10.8. The molecule has 0 aliphatic heterocycles. The summed E-state index contributed by atoms with van der Waals surface area (Å²) < 4.78 is 82.0. The van der Waals surface area contributed by atoms with Gasteiger partial charge < -0.3 is 10.5 Å². The van der Waals surface area contributed by atoms with Crippen molar-refractivity contribution in [1.29, 1.82) is 0 Å². The van der Waals surface area contributed by atoms with Crippen molar-refractivity contribution in [3.8, 4) is 11.5 Å². The molecule has 118 valence electrons. The molecule has 0 aliphatic carbocycles. The van der Waals surface area contributed by atoms with E-state index >= 15 is 0 Å². The number of anilines is 1. The molecule has 0 heterocycles. The van der Waals surface area contributed by atoms with E-state index in [9.17, 15) is 26.3 Å². The van der Waals surface area contributed by atoms with Gasteiger partial charge in [0.1, 0.15) is 11.5 Å². The molecule has 0 amide bonds. The predicted octanol–water partition coefficient (Wildman–Crippen LogP) is 5.10. The van der Waals surface area contributed by atoms with Crippen LogP contribution in [-0.4, -0.2) is 0 Å². The zero-order chi connectivity index (χ0) is 16.5. The standard InChI is InChI=1S/C14H9F6NO/c15-13(16,17)9-6-10(14(18,19)20)12(7-11(9)21)22-8-4-2-1-3-5-8/h1-7H,21H2. The number of alkyl halides is 6. The molecule has 0 spiro atoms. The van der Waals surface area contributed by atoms with Crippen molar-refractivity contribution in [2.75, 3.05) is 5.73 Å². The molecule has 8 heteroatoms. The molecule has 2 aromatic rings. The molecule has 0 aromatic heterocycles. The number of nitrogen functional groups attached to an aromatic ring is 1. The van der Waals surface area contributed by atoms with Crippen molar-refractivity contribution in [1.82, 2.24) is 0 Å². The van der Waals surface area contributed by atoms with Gasteiger partial charge in [-0.15, -0.1) is 0 Å². The third-order valence-electron chi connectivity index (χ3n) is 2.73. The molecule has 0 bridgehead atoms. The van der Waals surface area contributed by atoms with Gasteiger partial charge in [0.15, 0.2) is 0 Å². The van der Waals surface area contributed by atoms with E-state index in [2.05, 4.69) is 0 Å². The third kappa shape index (κ3) is 3.44. The second-order valence-corrected chi connectivity index (χ2v) is 4.35. The summed E-state index contributed by atoms with van der Waals surface area (Å²) in [4.78, 5) is 0. The Morgan fingerprint density at radius 3 is 1.82 bits per heavy atom. The van der Waals surface area contributed by atoms with Gasteiger partial charge in [-0.05, 0) is 18.2 Å². The maximum absolute atomic E-state index is 13.0. The van der Waals surface area contributed by atoms with Crippen LogP contribution >= 0.6 is 0 Å². The second-order valence-electron chi connectivity index (χ2n) is 4.35. The monoisotopic (exact) mass is 321 g/mol. The lowest BCUT2D eigenvalue weighted by atomic mass is 10.1. The molecule has 0 radical (unpaired) electrons. The summed E-state index contributed by atoms with van der Waals surface area (Å²) in [5.74, 6) is -0.739. The van der Waals surface area contributed by atoms with Crippen LogP contribution in [0.5, 0.6) is 11.5 Å². The summed E-state index contributed by atoms with van der Waals surface area (Å²) in [6.07, 6.45) is -10.0. The quantitative estimate of drug-likeness (QED) is 0.617. The van der Waals surface area contributed by atoms with Crippen molar-refractivity contribution < 1.29 is 31.1 Å². The number of nitrogens with two attached hydrogens (primary N) is 1. The van der Waals surface area contributed by atoms with E-state index in [1.165, 1.54) is 24.3 Å². The summed E-state index contributed by atoms with van der Waals surface area (Å²) in [5, 5.41) is 0. The van der Waals surface area contributed by atoms with Crippen LogP contribution in [0.2, 0.25) is 0 Å². The van der Waals surface area contributed by atoms with Crippen LogP contribution in [0.15, 0.2) is 42.5 Å². The third-order valence-corrected chi connectivity index (χ3v) is 2.73. The highest BCUT2D eigenvalue weighted by Gasteiger charge is 2.40. The smallest absolute Gasteiger partial charge is 0.420 e. The molecule has 0 saturated heterocycles. The zero-order valence-corrected chi connectivity index (χ0v) is 10.8. The highest BCUT2D eigenvalue weighted by atomic mass is 19.4. The largest absolute Gasteiger partial charge is 0.457 e. The molecule has 2 rings (SSSR count). The fraction of sp³-hybridized carbons (Fsp3) is 0.143. The van der Waals surface area contributed by atoms with Crippen LogP contribution in [0.1, 0.15) is 11.1 Å². The van der Waals surface area contributed by atoms with E-state index in [0.717, 1.165) is 0 Å². The first kappa shape index (κ1) is 16.0. The average Bonchev–Trinajstić information content (AvgIpc) is 2.37. The van der Waals surface area contributed by atoms with Crippen LogP contribution in [0.3, 0.4) is 0 Å². The number of hydrogen-bond donors (Lipinski definition) is 1. The van der Waals surface area contributed by atoms with Crippen molar-refractivity contribution in [2.45, 2.75) is 12.4 Å². The Kier molecular flexibility index (Phi) is 3.95. The van der Waals surface area contributed by atoms with E-state index in [1.54, 1.807) is 6.07 Å². The van der Waals surface area contributed by atoms with Crippen LogP contribution < -0.4 is 10.5 Å². The average molecular weight is 321 g/mol. The van der Waals surface area contributed by atoms with Gasteiger partial charge in [-0.25, -0.2) is 0 Å². The summed E-state index contributed by atoms with van der Waals surface area (Å²) in [6, 6.07) is 7.85. The van der Waals surface area contributed by atoms with Gasteiger partial charge in [-0.1, -0.05) is 18.2 Å². The summed E-state index contributed by atoms with van der Waals surface area (Å²) in [5.41, 5.74) is 1.27. The molecular formula is C14H9F6NO. The van der Waals surface area contributed by atoms with Gasteiger partial charge in [0.25, 0.3) is 0 Å². The molecule has 0 atom stereocenters. The Bertz CT molecular complexity index is 664. The number of halogens is 6. The molecule has 2 aromatic carbocycles. The van der Waals surface area contributed by atoms with Crippen molar-refractivity contribution in [3.63, 3.8) is 0 Å². The van der Waals surface area contributed by atoms with Crippen molar-refractivity contribution >= 4 is 5.69 Å². The lowest BCUT2D eigenvalue weighted by molar-refractivity contribution is -0.143. The van der Waals surface area contributed by atoms with Gasteiger partial charge in [0.05, 0.1) is 11.1 Å². The number of benzene rings is 2. The van der Waals surface area contributed by atoms with E-state index in [-0.39, 0.29) is 11.8 Å². The molecule has 2 N–H and O–H groups in total. The van der Waals surface area contributed by atoms with E-state index in [1.807, 2.05) is 0 Å². The van der Waals surface area contributed by atoms with Crippen LogP contribution in [0.25, 0.3) is 0 Å². The molecule has 22 heavy (non-hydrogen) atoms. The predicted molar refractivity (Wildman–Crippen MR) is 67.4 cm³/mol. The van der Waals surface area contributed by atoms with Gasteiger partial charge >= 0.3 is 12.4 Å². The lowest BCUT2D eigenvalue weighted by Crippen LogP contribution is -2.14.